The maximum Gasteiger partial charge on any atom is 0.269 e. The third-order valence-electron chi connectivity index (χ3n) is 6.06. The topological polar surface area (TPSA) is 92.6 Å². The number of benzene rings is 2. The highest BCUT2D eigenvalue weighted by Crippen LogP contribution is 2.22. The summed E-state index contributed by atoms with van der Waals surface area (Å²) in [6, 6.07) is 13.2. The van der Waals surface area contributed by atoms with E-state index < -0.39 is 11.0 Å². The molecule has 0 aliphatic heterocycles. The normalized spacial score (nSPS) is 14.9. The maximum absolute atomic E-state index is 13.2. The summed E-state index contributed by atoms with van der Waals surface area (Å²) in [4.78, 5) is 38.2. The van der Waals surface area contributed by atoms with Gasteiger partial charge in [-0.15, -0.1) is 11.8 Å². The molecule has 0 spiro atoms. The average Bonchev–Trinajstić information content (AvgIpc) is 2.84. The van der Waals surface area contributed by atoms with E-state index in [9.17, 15) is 19.7 Å². The smallest absolute Gasteiger partial charge is 0.269 e. The van der Waals surface area contributed by atoms with E-state index in [2.05, 4.69) is 5.32 Å². The Hall–Kier alpha value is -2.58. The first-order valence-electron chi connectivity index (χ1n) is 11.5. The van der Waals surface area contributed by atoms with Crippen molar-refractivity contribution in [2.45, 2.75) is 63.4 Å². The number of hydrogen-bond donors (Lipinski definition) is 1. The Bertz CT molecular complexity index is 996. The van der Waals surface area contributed by atoms with Gasteiger partial charge in [0.15, 0.2) is 0 Å². The summed E-state index contributed by atoms with van der Waals surface area (Å²) in [5, 5.41) is 14.5. The molecule has 3 rings (SSSR count). The Morgan fingerprint density at radius 3 is 2.47 bits per heavy atom. The lowest BCUT2D eigenvalue weighted by atomic mass is 9.95. The van der Waals surface area contributed by atoms with Crippen LogP contribution in [0.4, 0.5) is 5.69 Å². The van der Waals surface area contributed by atoms with E-state index in [1.165, 1.54) is 30.3 Å². The number of amides is 2. The number of non-ortho nitro benzene ring substituents is 1. The minimum Gasteiger partial charge on any atom is -0.352 e. The molecule has 0 unspecified atom stereocenters. The van der Waals surface area contributed by atoms with Crippen LogP contribution in [-0.4, -0.2) is 39.5 Å². The first-order chi connectivity index (χ1) is 16.3. The SMILES string of the molecule is C[C@H](C(=O)NC1CCCCC1)N(Cc1ccccc1Cl)C(=O)CSCc1ccc([N+](=O)[O-])cc1. The fraction of sp³-hybridized carbons (Fsp3) is 0.440. The summed E-state index contributed by atoms with van der Waals surface area (Å²) in [6.07, 6.45) is 5.37. The zero-order valence-corrected chi connectivity index (χ0v) is 20.8. The first kappa shape index (κ1) is 26.0. The van der Waals surface area contributed by atoms with E-state index in [0.717, 1.165) is 36.8 Å². The quantitative estimate of drug-likeness (QED) is 0.348. The number of halogens is 1. The van der Waals surface area contributed by atoms with Crippen molar-refractivity contribution in [3.05, 3.63) is 74.8 Å². The number of carbonyl (C=O) groups excluding carboxylic acids is 2. The minimum absolute atomic E-state index is 0.0357. The maximum atomic E-state index is 13.2. The molecule has 1 saturated carbocycles. The number of carbonyl (C=O) groups is 2. The molecule has 1 aliphatic carbocycles. The second-order valence-electron chi connectivity index (χ2n) is 8.55. The molecule has 182 valence electrons. The molecule has 1 aliphatic rings. The van der Waals surface area contributed by atoms with Gasteiger partial charge in [-0.2, -0.15) is 0 Å². The van der Waals surface area contributed by atoms with E-state index >= 15 is 0 Å². The van der Waals surface area contributed by atoms with Gasteiger partial charge >= 0.3 is 0 Å². The van der Waals surface area contributed by atoms with Gasteiger partial charge in [0.1, 0.15) is 6.04 Å². The Morgan fingerprint density at radius 1 is 1.15 bits per heavy atom. The lowest BCUT2D eigenvalue weighted by molar-refractivity contribution is -0.384. The van der Waals surface area contributed by atoms with Gasteiger partial charge in [-0.1, -0.05) is 61.2 Å². The molecule has 0 saturated heterocycles. The van der Waals surface area contributed by atoms with Crippen molar-refractivity contribution < 1.29 is 14.5 Å². The van der Waals surface area contributed by atoms with E-state index in [0.29, 0.717) is 10.8 Å². The van der Waals surface area contributed by atoms with Crippen LogP contribution in [0.5, 0.6) is 0 Å². The molecule has 1 fully saturated rings. The van der Waals surface area contributed by atoms with Gasteiger partial charge in [0, 0.05) is 35.5 Å². The number of nitrogens with one attached hydrogen (secondary N) is 1. The van der Waals surface area contributed by atoms with Crippen molar-refractivity contribution in [1.29, 1.82) is 0 Å². The van der Waals surface area contributed by atoms with Crippen molar-refractivity contribution in [2.24, 2.45) is 0 Å². The molecule has 0 radical (unpaired) electrons. The number of nitro groups is 1. The Balaban J connectivity index is 1.65. The second kappa shape index (κ2) is 12.8. The first-order valence-corrected chi connectivity index (χ1v) is 13.0. The monoisotopic (exact) mass is 503 g/mol. The largest absolute Gasteiger partial charge is 0.352 e. The molecule has 2 aromatic rings. The molecule has 0 aromatic heterocycles. The lowest BCUT2D eigenvalue weighted by Crippen LogP contribution is -2.50. The van der Waals surface area contributed by atoms with Gasteiger partial charge in [-0.05, 0) is 37.0 Å². The van der Waals surface area contributed by atoms with Crippen LogP contribution in [0.1, 0.15) is 50.2 Å². The van der Waals surface area contributed by atoms with Crippen molar-refractivity contribution >= 4 is 40.9 Å². The van der Waals surface area contributed by atoms with E-state index in [4.69, 9.17) is 11.6 Å². The van der Waals surface area contributed by atoms with Crippen LogP contribution in [-0.2, 0) is 21.9 Å². The summed E-state index contributed by atoms with van der Waals surface area (Å²) in [5.41, 5.74) is 1.72. The highest BCUT2D eigenvalue weighted by Gasteiger charge is 2.28. The second-order valence-corrected chi connectivity index (χ2v) is 9.94. The fourth-order valence-corrected chi connectivity index (χ4v) is 5.08. The molecule has 2 amide bonds. The van der Waals surface area contributed by atoms with E-state index in [1.807, 2.05) is 18.2 Å². The minimum atomic E-state index is -0.634. The van der Waals surface area contributed by atoms with Crippen LogP contribution >= 0.6 is 23.4 Å². The van der Waals surface area contributed by atoms with Crippen LogP contribution in [0, 0.1) is 10.1 Å². The molecule has 7 nitrogen and oxygen atoms in total. The fourth-order valence-electron chi connectivity index (χ4n) is 4.01. The highest BCUT2D eigenvalue weighted by molar-refractivity contribution is 7.99. The molecule has 0 heterocycles. The number of nitro benzene ring substituents is 1. The summed E-state index contributed by atoms with van der Waals surface area (Å²) < 4.78 is 0. The van der Waals surface area contributed by atoms with Gasteiger partial charge in [-0.25, -0.2) is 0 Å². The van der Waals surface area contributed by atoms with Gasteiger partial charge in [0.25, 0.3) is 5.69 Å². The highest BCUT2D eigenvalue weighted by atomic mass is 35.5. The van der Waals surface area contributed by atoms with Gasteiger partial charge in [0.05, 0.1) is 10.7 Å². The molecular formula is C25H30ClN3O4S. The van der Waals surface area contributed by atoms with Crippen LogP contribution in [0.15, 0.2) is 48.5 Å². The van der Waals surface area contributed by atoms with Crippen LogP contribution in [0.3, 0.4) is 0 Å². The van der Waals surface area contributed by atoms with Crippen molar-refractivity contribution in [3.8, 4) is 0 Å². The molecule has 34 heavy (non-hydrogen) atoms. The van der Waals surface area contributed by atoms with Crippen LogP contribution < -0.4 is 5.32 Å². The van der Waals surface area contributed by atoms with E-state index in [-0.39, 0.29) is 35.8 Å². The summed E-state index contributed by atoms with van der Waals surface area (Å²) in [5.74, 6) is 0.417. The number of hydrogen-bond acceptors (Lipinski definition) is 5. The molecule has 2 aromatic carbocycles. The van der Waals surface area contributed by atoms with Crippen molar-refractivity contribution in [2.75, 3.05) is 5.75 Å². The third kappa shape index (κ3) is 7.46. The van der Waals surface area contributed by atoms with Gasteiger partial charge in [0.2, 0.25) is 11.8 Å². The predicted molar refractivity (Wildman–Crippen MR) is 136 cm³/mol. The average molecular weight is 504 g/mol. The molecule has 9 heteroatoms. The van der Waals surface area contributed by atoms with Gasteiger partial charge in [-0.3, -0.25) is 19.7 Å². The van der Waals surface area contributed by atoms with E-state index in [1.54, 1.807) is 30.0 Å². The Labute approximate surface area is 209 Å². The molecule has 1 N–H and O–H groups in total. The number of thioether (sulfide) groups is 1. The Morgan fingerprint density at radius 2 is 1.82 bits per heavy atom. The molecule has 1 atom stereocenters. The molecule has 0 bridgehead atoms. The van der Waals surface area contributed by atoms with Crippen LogP contribution in [0.25, 0.3) is 0 Å². The Kier molecular flexibility index (Phi) is 9.77. The zero-order valence-electron chi connectivity index (χ0n) is 19.2. The van der Waals surface area contributed by atoms with Crippen LogP contribution in [0.2, 0.25) is 5.02 Å². The lowest BCUT2D eigenvalue weighted by Gasteiger charge is -2.31. The zero-order chi connectivity index (χ0) is 24.5. The summed E-state index contributed by atoms with van der Waals surface area (Å²) in [6.45, 7) is 2.00. The standard InChI is InChI=1S/C25H30ClN3O4S/c1-18(25(31)27-21-8-3-2-4-9-21)28(15-20-7-5-6-10-23(20)26)24(30)17-34-16-19-11-13-22(14-12-19)29(32)33/h5-7,10-14,18,21H,2-4,8-9,15-17H2,1H3,(H,27,31)/t18-/m1/s1. The number of rotatable bonds is 10. The molecular weight excluding hydrogens is 474 g/mol. The third-order valence-corrected chi connectivity index (χ3v) is 7.42. The van der Waals surface area contributed by atoms with Crippen molar-refractivity contribution in [3.63, 3.8) is 0 Å². The number of nitrogens with zero attached hydrogens (tertiary/aromatic N) is 2. The summed E-state index contributed by atoms with van der Waals surface area (Å²) in [7, 11) is 0. The van der Waals surface area contributed by atoms with Gasteiger partial charge < -0.3 is 10.2 Å². The van der Waals surface area contributed by atoms with Crippen molar-refractivity contribution in [1.82, 2.24) is 10.2 Å². The summed E-state index contributed by atoms with van der Waals surface area (Å²) >= 11 is 7.75. The predicted octanol–water partition coefficient (Wildman–Crippen LogP) is 5.35.